The number of hydrogen-bond acceptors (Lipinski definition) is 2. The van der Waals surface area contributed by atoms with Crippen LogP contribution in [0.2, 0.25) is 14.8 Å². The molecule has 0 saturated heterocycles. The molecule has 0 unspecified atom stereocenters. The van der Waals surface area contributed by atoms with Gasteiger partial charge in [-0.05, 0) is 0 Å². The minimum absolute atomic E-state index is 0.254. The van der Waals surface area contributed by atoms with Crippen LogP contribution in [-0.2, 0) is 0 Å². The van der Waals surface area contributed by atoms with Crippen LogP contribution in [0.15, 0.2) is 36.5 Å². The van der Waals surface area contributed by atoms with Gasteiger partial charge in [0.15, 0.2) is 0 Å². The van der Waals surface area contributed by atoms with E-state index < -0.39 is 18.4 Å². The number of hydrogen-bond donors (Lipinski definition) is 1. The fourth-order valence-corrected chi connectivity index (χ4v) is 6.13. The quantitative estimate of drug-likeness (QED) is 0.525. The maximum absolute atomic E-state index is 11.3. The Hall–Kier alpha value is -1.30. The topological polar surface area (TPSA) is 58.9 Å². The number of aromatic amines is 1. The molecule has 0 spiro atoms. The van der Waals surface area contributed by atoms with Crippen molar-refractivity contribution >= 4 is 27.8 Å². The van der Waals surface area contributed by atoms with Crippen molar-refractivity contribution in [3.63, 3.8) is 0 Å². The summed E-state index contributed by atoms with van der Waals surface area (Å²) in [5.74, 6) is 0. The molecule has 4 nitrogen and oxygen atoms in total. The van der Waals surface area contributed by atoms with E-state index in [1.807, 2.05) is 30.3 Å². The molecular weight excluding hydrogens is 335 g/mol. The van der Waals surface area contributed by atoms with Gasteiger partial charge >= 0.3 is 110 Å². The summed E-state index contributed by atoms with van der Waals surface area (Å²) in [5.41, 5.74) is 1.86. The zero-order valence-corrected chi connectivity index (χ0v) is 13.6. The molecule has 0 atom stereocenters. The summed E-state index contributed by atoms with van der Waals surface area (Å²) in [6.45, 7) is 0. The van der Waals surface area contributed by atoms with Crippen molar-refractivity contribution < 1.29 is 4.92 Å². The minimum atomic E-state index is -2.50. The SMILES string of the molecule is [CH3][Sn]([CH3])([CH3])[c]1[nH]cc(-c2ccccc2)c1[N+](=O)[O-]. The number of nitro groups is 1. The first-order chi connectivity index (χ1) is 8.41. The van der Waals surface area contributed by atoms with Crippen LogP contribution in [0.5, 0.6) is 0 Å². The molecule has 0 aliphatic rings. The van der Waals surface area contributed by atoms with Crippen molar-refractivity contribution in [1.29, 1.82) is 0 Å². The Balaban J connectivity index is 2.64. The monoisotopic (exact) mass is 352 g/mol. The van der Waals surface area contributed by atoms with Gasteiger partial charge in [-0.1, -0.05) is 0 Å². The predicted octanol–water partition coefficient (Wildman–Crippen LogP) is 3.14. The van der Waals surface area contributed by atoms with Crippen molar-refractivity contribution in [3.05, 3.63) is 46.6 Å². The zero-order valence-electron chi connectivity index (χ0n) is 10.7. The molecule has 0 aliphatic heterocycles. The molecule has 0 saturated carbocycles. The summed E-state index contributed by atoms with van der Waals surface area (Å²) in [7, 11) is 0. The number of H-pyrrole nitrogens is 1. The molecule has 94 valence electrons. The summed E-state index contributed by atoms with van der Waals surface area (Å²) < 4.78 is 0.869. The second kappa shape index (κ2) is 4.76. The van der Waals surface area contributed by atoms with Crippen LogP contribution in [0.4, 0.5) is 5.69 Å². The van der Waals surface area contributed by atoms with Crippen molar-refractivity contribution in [1.82, 2.24) is 4.98 Å². The van der Waals surface area contributed by atoms with Gasteiger partial charge in [0.25, 0.3) is 0 Å². The second-order valence-corrected chi connectivity index (χ2v) is 19.6. The number of nitrogens with one attached hydrogen (secondary N) is 1. The van der Waals surface area contributed by atoms with Crippen LogP contribution < -0.4 is 3.71 Å². The van der Waals surface area contributed by atoms with Crippen molar-refractivity contribution in [2.24, 2.45) is 0 Å². The van der Waals surface area contributed by atoms with Gasteiger partial charge in [-0.15, -0.1) is 0 Å². The van der Waals surface area contributed by atoms with Crippen LogP contribution in [0, 0.1) is 10.1 Å². The molecule has 0 radical (unpaired) electrons. The average Bonchev–Trinajstić information content (AvgIpc) is 2.74. The standard InChI is InChI=1S/C10H7N2O2.3CH3.Sn/c13-12(14)10-7-11-6-9(10)8-4-2-1-3-5-8;;;;/h1-6,11H;3*1H3;. The third-order valence-corrected chi connectivity index (χ3v) is 8.24. The van der Waals surface area contributed by atoms with Crippen molar-refractivity contribution in [2.45, 2.75) is 14.8 Å². The summed E-state index contributed by atoms with van der Waals surface area (Å²) in [6.07, 6.45) is 1.77. The molecule has 0 bridgehead atoms. The fraction of sp³-hybridized carbons (Fsp3) is 0.231. The molecule has 2 rings (SSSR count). The molecule has 18 heavy (non-hydrogen) atoms. The third-order valence-electron chi connectivity index (χ3n) is 2.87. The van der Waals surface area contributed by atoms with Gasteiger partial charge < -0.3 is 0 Å². The van der Waals surface area contributed by atoms with E-state index >= 15 is 0 Å². The summed E-state index contributed by atoms with van der Waals surface area (Å²) in [6, 6.07) is 9.50. The Morgan fingerprint density at radius 3 is 2.28 bits per heavy atom. The Morgan fingerprint density at radius 1 is 1.17 bits per heavy atom. The van der Waals surface area contributed by atoms with E-state index in [2.05, 4.69) is 19.8 Å². The van der Waals surface area contributed by atoms with Gasteiger partial charge in [0.2, 0.25) is 0 Å². The van der Waals surface area contributed by atoms with E-state index in [0.717, 1.165) is 9.27 Å². The molecule has 2 aromatic rings. The number of nitrogens with zero attached hydrogens (tertiary/aromatic N) is 1. The van der Waals surface area contributed by atoms with Crippen LogP contribution in [-0.4, -0.2) is 28.3 Å². The Kier molecular flexibility index (Phi) is 3.47. The van der Waals surface area contributed by atoms with Gasteiger partial charge in [-0.3, -0.25) is 0 Å². The van der Waals surface area contributed by atoms with Gasteiger partial charge in [0.05, 0.1) is 0 Å². The summed E-state index contributed by atoms with van der Waals surface area (Å²) >= 11 is -2.50. The Morgan fingerprint density at radius 2 is 1.78 bits per heavy atom. The number of aromatic nitrogens is 1. The van der Waals surface area contributed by atoms with Crippen LogP contribution in [0.25, 0.3) is 11.1 Å². The van der Waals surface area contributed by atoms with Crippen molar-refractivity contribution in [3.8, 4) is 11.1 Å². The average molecular weight is 351 g/mol. The molecule has 0 fully saturated rings. The van der Waals surface area contributed by atoms with Crippen LogP contribution >= 0.6 is 0 Å². The molecule has 0 aliphatic carbocycles. The summed E-state index contributed by atoms with van der Waals surface area (Å²) in [4.78, 5) is 20.7. The fourth-order valence-electron chi connectivity index (χ4n) is 2.01. The van der Waals surface area contributed by atoms with E-state index in [9.17, 15) is 10.1 Å². The predicted molar refractivity (Wildman–Crippen MR) is 75.9 cm³/mol. The molecular formula is C13H16N2O2Sn. The molecule has 1 N–H and O–H groups in total. The van der Waals surface area contributed by atoms with Crippen LogP contribution in [0.3, 0.4) is 0 Å². The Bertz CT molecular complexity index is 570. The van der Waals surface area contributed by atoms with E-state index in [-0.39, 0.29) is 10.6 Å². The second-order valence-electron chi connectivity index (χ2n) is 5.30. The number of rotatable bonds is 3. The molecule has 5 heteroatoms. The van der Waals surface area contributed by atoms with Gasteiger partial charge in [0, 0.05) is 0 Å². The maximum atomic E-state index is 11.3. The van der Waals surface area contributed by atoms with E-state index in [4.69, 9.17) is 0 Å². The zero-order chi connectivity index (χ0) is 13.3. The first-order valence-electron chi connectivity index (χ1n) is 5.83. The molecule has 1 aromatic heterocycles. The molecule has 1 aromatic carbocycles. The third kappa shape index (κ3) is 2.43. The first-order valence-corrected chi connectivity index (χ1v) is 15.8. The normalized spacial score (nSPS) is 11.5. The Labute approximate surface area is 110 Å². The summed E-state index contributed by atoms with van der Waals surface area (Å²) in [5, 5.41) is 11.3. The van der Waals surface area contributed by atoms with Gasteiger partial charge in [-0.2, -0.15) is 0 Å². The van der Waals surface area contributed by atoms with Crippen molar-refractivity contribution in [2.75, 3.05) is 0 Å². The number of benzene rings is 1. The molecule has 1 heterocycles. The van der Waals surface area contributed by atoms with E-state index in [1.54, 1.807) is 6.20 Å². The van der Waals surface area contributed by atoms with Gasteiger partial charge in [0.1, 0.15) is 0 Å². The van der Waals surface area contributed by atoms with Gasteiger partial charge in [-0.25, -0.2) is 0 Å². The van der Waals surface area contributed by atoms with E-state index in [1.165, 1.54) is 0 Å². The van der Waals surface area contributed by atoms with E-state index in [0.29, 0.717) is 5.56 Å². The molecule has 0 amide bonds. The first kappa shape index (κ1) is 13.1. The van der Waals surface area contributed by atoms with Crippen LogP contribution in [0.1, 0.15) is 0 Å².